The molecular formula is C24H27ClN4O4S2. The summed E-state index contributed by atoms with van der Waals surface area (Å²) in [5.41, 5.74) is 1.27. The van der Waals surface area contributed by atoms with Gasteiger partial charge in [-0.1, -0.05) is 36.4 Å². The number of amides is 1. The zero-order valence-electron chi connectivity index (χ0n) is 20.0. The van der Waals surface area contributed by atoms with Gasteiger partial charge in [-0.05, 0) is 50.1 Å². The van der Waals surface area contributed by atoms with Crippen molar-refractivity contribution >= 4 is 51.6 Å². The number of allylic oxidation sites excluding steroid dienone is 1. The van der Waals surface area contributed by atoms with Gasteiger partial charge in [0.2, 0.25) is 5.91 Å². The number of hydrogen-bond acceptors (Lipinski definition) is 8. The summed E-state index contributed by atoms with van der Waals surface area (Å²) in [5.74, 6) is 0.652. The Hall–Kier alpha value is -2.82. The number of benzene rings is 1. The van der Waals surface area contributed by atoms with Crippen molar-refractivity contribution in [3.05, 3.63) is 63.8 Å². The minimum absolute atomic E-state index is 0.0841. The molecule has 1 amide bonds. The lowest BCUT2D eigenvalue weighted by atomic mass is 10.2. The number of anilines is 1. The van der Waals surface area contributed by atoms with Crippen molar-refractivity contribution in [2.24, 2.45) is 0 Å². The van der Waals surface area contributed by atoms with E-state index in [0.29, 0.717) is 38.9 Å². The van der Waals surface area contributed by atoms with Gasteiger partial charge in [0.05, 0.1) is 18.4 Å². The highest BCUT2D eigenvalue weighted by molar-refractivity contribution is 7.99. The Bertz CT molecular complexity index is 1220. The molecule has 0 aliphatic rings. The van der Waals surface area contributed by atoms with Gasteiger partial charge in [0, 0.05) is 16.4 Å². The van der Waals surface area contributed by atoms with E-state index in [9.17, 15) is 9.59 Å². The van der Waals surface area contributed by atoms with Crippen LogP contribution in [0.3, 0.4) is 0 Å². The first-order valence-corrected chi connectivity index (χ1v) is 13.1. The fourth-order valence-corrected chi connectivity index (χ4v) is 5.24. The number of aromatic nitrogens is 3. The largest absolute Gasteiger partial charge is 0.482 e. The zero-order chi connectivity index (χ0) is 25.5. The predicted octanol–water partition coefficient (Wildman–Crippen LogP) is 5.71. The molecule has 0 bridgehead atoms. The number of methoxy groups -OCH3 is 1. The average molecular weight is 535 g/mol. The smallest absolute Gasteiger partial charge is 0.340 e. The minimum Gasteiger partial charge on any atom is -0.482 e. The van der Waals surface area contributed by atoms with E-state index in [1.54, 1.807) is 18.2 Å². The second-order valence-electron chi connectivity index (χ2n) is 7.55. The van der Waals surface area contributed by atoms with Crippen molar-refractivity contribution in [1.82, 2.24) is 14.8 Å². The standard InChI is InChI=1S/C24H27ClN4O4S2/c1-6-10-29-21(15(4)33-19-9-8-16(25)11-14(19)3)27-28-24(29)34-13-20(30)26-22-18(23(31)32-5)12-17(7-2)35-22/h6,8-9,11-12,15H,1,7,10,13H2,2-5H3,(H,26,30). The van der Waals surface area contributed by atoms with Gasteiger partial charge in [-0.25, -0.2) is 4.79 Å². The number of thiophene rings is 1. The number of rotatable bonds is 11. The molecule has 186 valence electrons. The summed E-state index contributed by atoms with van der Waals surface area (Å²) in [6.45, 7) is 10.1. The molecule has 0 saturated heterocycles. The molecule has 2 aromatic heterocycles. The highest BCUT2D eigenvalue weighted by Gasteiger charge is 2.22. The number of ether oxygens (including phenoxy) is 2. The molecule has 2 heterocycles. The van der Waals surface area contributed by atoms with Crippen molar-refractivity contribution in [1.29, 1.82) is 0 Å². The molecule has 11 heteroatoms. The number of carbonyl (C=O) groups excluding carboxylic acids is 2. The van der Waals surface area contributed by atoms with E-state index in [2.05, 4.69) is 22.1 Å². The summed E-state index contributed by atoms with van der Waals surface area (Å²) in [7, 11) is 1.32. The zero-order valence-corrected chi connectivity index (χ0v) is 22.4. The van der Waals surface area contributed by atoms with Crippen LogP contribution in [0.4, 0.5) is 5.00 Å². The van der Waals surface area contributed by atoms with Crippen LogP contribution in [0.25, 0.3) is 0 Å². The number of aryl methyl sites for hydroxylation is 2. The summed E-state index contributed by atoms with van der Waals surface area (Å²) in [5, 5.41) is 13.1. The fourth-order valence-electron chi connectivity index (χ4n) is 3.26. The van der Waals surface area contributed by atoms with Gasteiger partial charge in [-0.2, -0.15) is 0 Å². The molecule has 1 unspecified atom stereocenters. The van der Waals surface area contributed by atoms with E-state index in [1.165, 1.54) is 30.2 Å². The van der Waals surface area contributed by atoms with Crippen LogP contribution in [-0.2, 0) is 22.5 Å². The first-order valence-electron chi connectivity index (χ1n) is 10.9. The van der Waals surface area contributed by atoms with Crippen LogP contribution >= 0.6 is 34.7 Å². The summed E-state index contributed by atoms with van der Waals surface area (Å²) in [6.07, 6.45) is 2.09. The molecule has 3 rings (SSSR count). The van der Waals surface area contributed by atoms with Gasteiger partial charge in [0.15, 0.2) is 17.1 Å². The minimum atomic E-state index is -0.482. The second kappa shape index (κ2) is 12.2. The molecule has 1 aromatic carbocycles. The lowest BCUT2D eigenvalue weighted by Crippen LogP contribution is -2.16. The first kappa shape index (κ1) is 26.8. The Labute approximate surface area is 217 Å². The van der Waals surface area contributed by atoms with Crippen LogP contribution in [0.1, 0.15) is 46.6 Å². The molecule has 0 fully saturated rings. The van der Waals surface area contributed by atoms with Crippen LogP contribution < -0.4 is 10.1 Å². The Morgan fingerprint density at radius 3 is 2.77 bits per heavy atom. The number of carbonyl (C=O) groups is 2. The Balaban J connectivity index is 1.71. The summed E-state index contributed by atoms with van der Waals surface area (Å²) >= 11 is 8.64. The number of nitrogens with zero attached hydrogens (tertiary/aromatic N) is 3. The van der Waals surface area contributed by atoms with Crippen molar-refractivity contribution in [3.63, 3.8) is 0 Å². The third kappa shape index (κ3) is 6.65. The van der Waals surface area contributed by atoms with Gasteiger partial charge < -0.3 is 14.8 Å². The molecule has 0 saturated carbocycles. The third-order valence-electron chi connectivity index (χ3n) is 4.98. The molecule has 0 aliphatic heterocycles. The lowest BCUT2D eigenvalue weighted by molar-refractivity contribution is -0.113. The van der Waals surface area contributed by atoms with E-state index in [0.717, 1.165) is 16.9 Å². The van der Waals surface area contributed by atoms with E-state index >= 15 is 0 Å². The van der Waals surface area contributed by atoms with Crippen LogP contribution in [0.5, 0.6) is 5.75 Å². The quantitative estimate of drug-likeness (QED) is 0.191. The molecule has 35 heavy (non-hydrogen) atoms. The van der Waals surface area contributed by atoms with Gasteiger partial charge in [0.1, 0.15) is 10.8 Å². The van der Waals surface area contributed by atoms with Crippen LogP contribution in [-0.4, -0.2) is 39.5 Å². The van der Waals surface area contributed by atoms with Gasteiger partial charge in [-0.3, -0.25) is 9.36 Å². The molecule has 3 aromatic rings. The van der Waals surface area contributed by atoms with Crippen LogP contribution in [0.2, 0.25) is 5.02 Å². The van der Waals surface area contributed by atoms with Crippen LogP contribution in [0.15, 0.2) is 42.1 Å². The van der Waals surface area contributed by atoms with Gasteiger partial charge in [-0.15, -0.1) is 28.1 Å². The Morgan fingerprint density at radius 1 is 1.34 bits per heavy atom. The molecule has 0 spiro atoms. The summed E-state index contributed by atoms with van der Waals surface area (Å²) in [4.78, 5) is 25.7. The maximum atomic E-state index is 12.7. The highest BCUT2D eigenvalue weighted by Crippen LogP contribution is 2.31. The van der Waals surface area contributed by atoms with Crippen molar-refractivity contribution in [3.8, 4) is 5.75 Å². The molecule has 1 N–H and O–H groups in total. The van der Waals surface area contributed by atoms with E-state index < -0.39 is 12.1 Å². The Kier molecular flexibility index (Phi) is 9.36. The van der Waals surface area contributed by atoms with E-state index in [-0.39, 0.29) is 11.7 Å². The monoisotopic (exact) mass is 534 g/mol. The number of halogens is 1. The number of hydrogen-bond donors (Lipinski definition) is 1. The van der Waals surface area contributed by atoms with E-state index in [4.69, 9.17) is 21.1 Å². The topological polar surface area (TPSA) is 95.3 Å². The maximum Gasteiger partial charge on any atom is 0.340 e. The van der Waals surface area contributed by atoms with Crippen molar-refractivity contribution in [2.45, 2.75) is 45.0 Å². The number of thioether (sulfide) groups is 1. The average Bonchev–Trinajstić information content (AvgIpc) is 3.43. The third-order valence-corrected chi connectivity index (χ3v) is 7.38. The van der Waals surface area contributed by atoms with Crippen LogP contribution in [0, 0.1) is 6.92 Å². The second-order valence-corrected chi connectivity index (χ2v) is 10.1. The maximum absolute atomic E-state index is 12.7. The number of nitrogens with one attached hydrogen (secondary N) is 1. The SMILES string of the molecule is C=CCn1c(SCC(=O)Nc2sc(CC)cc2C(=O)OC)nnc1C(C)Oc1ccc(Cl)cc1C. The summed E-state index contributed by atoms with van der Waals surface area (Å²) < 4.78 is 12.8. The van der Waals surface area contributed by atoms with Crippen molar-refractivity contribution < 1.29 is 19.1 Å². The first-order chi connectivity index (χ1) is 16.8. The van der Waals surface area contributed by atoms with Gasteiger partial charge in [0.25, 0.3) is 0 Å². The van der Waals surface area contributed by atoms with E-state index in [1.807, 2.05) is 37.5 Å². The molecule has 8 nitrogen and oxygen atoms in total. The molecule has 1 atom stereocenters. The fraction of sp³-hybridized carbons (Fsp3) is 0.333. The normalized spacial score (nSPS) is 11.7. The Morgan fingerprint density at radius 2 is 2.11 bits per heavy atom. The van der Waals surface area contributed by atoms with Gasteiger partial charge >= 0.3 is 5.97 Å². The highest BCUT2D eigenvalue weighted by atomic mass is 35.5. The summed E-state index contributed by atoms with van der Waals surface area (Å²) in [6, 6.07) is 7.17. The molecule has 0 radical (unpaired) electrons. The van der Waals surface area contributed by atoms with Crippen molar-refractivity contribution in [2.75, 3.05) is 18.2 Å². The predicted molar refractivity (Wildman–Crippen MR) is 140 cm³/mol. The molecule has 0 aliphatic carbocycles. The lowest BCUT2D eigenvalue weighted by Gasteiger charge is -2.17. The number of esters is 1. The molecular weight excluding hydrogens is 508 g/mol.